The maximum absolute atomic E-state index is 13.2. The largest absolute Gasteiger partial charge is 0.493 e. The summed E-state index contributed by atoms with van der Waals surface area (Å²) < 4.78 is 34.4. The second-order valence-corrected chi connectivity index (χ2v) is 6.58. The molecule has 0 radical (unpaired) electrons. The first kappa shape index (κ1) is 20.9. The summed E-state index contributed by atoms with van der Waals surface area (Å²) in [5.74, 6) is -0.134. The Kier molecular flexibility index (Phi) is 5.98. The van der Waals surface area contributed by atoms with E-state index in [9.17, 15) is 14.0 Å². The van der Waals surface area contributed by atoms with E-state index >= 15 is 0 Å². The Morgan fingerprint density at radius 1 is 1.00 bits per heavy atom. The van der Waals surface area contributed by atoms with Gasteiger partial charge in [-0.25, -0.2) is 14.6 Å². The highest BCUT2D eigenvalue weighted by molar-refractivity contribution is 5.95. The van der Waals surface area contributed by atoms with E-state index in [-0.39, 0.29) is 18.1 Å². The fourth-order valence-electron chi connectivity index (χ4n) is 2.89. The number of nitrogens with one attached hydrogen (secondary N) is 1. The number of rotatable bonds is 6. The highest BCUT2D eigenvalue weighted by atomic mass is 19.1. The number of hydrogen-bond donors (Lipinski definition) is 1. The maximum Gasteiger partial charge on any atom is 0.343 e. The highest BCUT2D eigenvalue weighted by Crippen LogP contribution is 2.33. The van der Waals surface area contributed by atoms with Gasteiger partial charge in [-0.3, -0.25) is 4.79 Å². The van der Waals surface area contributed by atoms with Crippen LogP contribution in [0.15, 0.2) is 65.8 Å². The lowest BCUT2D eigenvalue weighted by molar-refractivity contribution is 0.0729. The van der Waals surface area contributed by atoms with E-state index < -0.39 is 17.7 Å². The molecule has 0 saturated heterocycles. The third kappa shape index (κ3) is 4.67. The Balaban J connectivity index is 1.42. The number of nitrogens with zero attached hydrogens (tertiary/aromatic N) is 1. The zero-order valence-corrected chi connectivity index (χ0v) is 16.8. The van der Waals surface area contributed by atoms with Crippen LogP contribution in [0.3, 0.4) is 0 Å². The van der Waals surface area contributed by atoms with Crippen molar-refractivity contribution in [3.63, 3.8) is 0 Å². The van der Waals surface area contributed by atoms with Crippen molar-refractivity contribution >= 4 is 18.1 Å². The molecule has 0 aliphatic carbocycles. The minimum absolute atomic E-state index is 0.105. The van der Waals surface area contributed by atoms with Crippen LogP contribution >= 0.6 is 0 Å². The molecule has 8 nitrogen and oxygen atoms in total. The lowest BCUT2D eigenvalue weighted by Gasteiger charge is -2.10. The zero-order chi connectivity index (χ0) is 22.5. The SMILES string of the molecule is COc1cc(C=NNC(=O)c2cccc(F)c2)ccc1OC(=O)c1ccc2c(c1)OCO2. The van der Waals surface area contributed by atoms with Gasteiger partial charge in [0.1, 0.15) is 5.82 Å². The number of hydrazone groups is 1. The Hall–Kier alpha value is -4.40. The first-order chi connectivity index (χ1) is 15.5. The van der Waals surface area contributed by atoms with Crippen LogP contribution in [0.25, 0.3) is 0 Å². The van der Waals surface area contributed by atoms with Gasteiger partial charge in [-0.1, -0.05) is 6.07 Å². The summed E-state index contributed by atoms with van der Waals surface area (Å²) in [6.07, 6.45) is 1.38. The first-order valence-electron chi connectivity index (χ1n) is 9.42. The second kappa shape index (κ2) is 9.17. The van der Waals surface area contributed by atoms with Crippen LogP contribution in [0.5, 0.6) is 23.0 Å². The number of carbonyl (C=O) groups excluding carboxylic acids is 2. The number of methoxy groups -OCH3 is 1. The van der Waals surface area contributed by atoms with Crippen molar-refractivity contribution in [1.29, 1.82) is 0 Å². The summed E-state index contributed by atoms with van der Waals surface area (Å²) in [5.41, 5.74) is 3.33. The van der Waals surface area contributed by atoms with Gasteiger partial charge < -0.3 is 18.9 Å². The van der Waals surface area contributed by atoms with Gasteiger partial charge in [0.15, 0.2) is 23.0 Å². The van der Waals surface area contributed by atoms with Crippen molar-refractivity contribution in [2.45, 2.75) is 0 Å². The summed E-state index contributed by atoms with van der Waals surface area (Å²) in [5, 5.41) is 3.86. The van der Waals surface area contributed by atoms with Crippen LogP contribution in [0.2, 0.25) is 0 Å². The third-order valence-electron chi connectivity index (χ3n) is 4.47. The molecule has 0 bridgehead atoms. The Bertz CT molecular complexity index is 1210. The van der Waals surface area contributed by atoms with Crippen LogP contribution in [0, 0.1) is 5.82 Å². The van der Waals surface area contributed by atoms with E-state index in [4.69, 9.17) is 18.9 Å². The molecule has 1 amide bonds. The van der Waals surface area contributed by atoms with E-state index in [1.165, 1.54) is 31.5 Å². The Morgan fingerprint density at radius 2 is 1.84 bits per heavy atom. The van der Waals surface area contributed by atoms with E-state index in [0.29, 0.717) is 28.4 Å². The van der Waals surface area contributed by atoms with Crippen molar-refractivity contribution < 1.29 is 32.9 Å². The zero-order valence-electron chi connectivity index (χ0n) is 16.8. The van der Waals surface area contributed by atoms with Crippen LogP contribution in [-0.4, -0.2) is 32.0 Å². The number of hydrogen-bond acceptors (Lipinski definition) is 7. The summed E-state index contributed by atoms with van der Waals surface area (Å²) in [4.78, 5) is 24.5. The molecule has 1 heterocycles. The van der Waals surface area contributed by atoms with Crippen molar-refractivity contribution in [3.8, 4) is 23.0 Å². The van der Waals surface area contributed by atoms with E-state index in [2.05, 4.69) is 10.5 Å². The minimum Gasteiger partial charge on any atom is -0.493 e. The maximum atomic E-state index is 13.2. The lowest BCUT2D eigenvalue weighted by atomic mass is 10.2. The minimum atomic E-state index is -0.592. The Morgan fingerprint density at radius 3 is 2.66 bits per heavy atom. The molecule has 4 rings (SSSR count). The molecule has 0 saturated carbocycles. The molecule has 9 heteroatoms. The normalized spacial score (nSPS) is 11.9. The van der Waals surface area contributed by atoms with Gasteiger partial charge in [-0.15, -0.1) is 0 Å². The third-order valence-corrected chi connectivity index (χ3v) is 4.47. The van der Waals surface area contributed by atoms with Crippen molar-refractivity contribution in [2.75, 3.05) is 13.9 Å². The van der Waals surface area contributed by atoms with Gasteiger partial charge in [0.25, 0.3) is 5.91 Å². The predicted molar refractivity (Wildman–Crippen MR) is 112 cm³/mol. The topological polar surface area (TPSA) is 95.5 Å². The van der Waals surface area contributed by atoms with Crippen LogP contribution in [-0.2, 0) is 0 Å². The predicted octanol–water partition coefficient (Wildman–Crippen LogP) is 3.55. The number of halogens is 1. The monoisotopic (exact) mass is 436 g/mol. The van der Waals surface area contributed by atoms with Gasteiger partial charge in [0, 0.05) is 5.56 Å². The number of benzene rings is 3. The fourth-order valence-corrected chi connectivity index (χ4v) is 2.89. The Labute approximate surface area is 182 Å². The number of amides is 1. The van der Waals surface area contributed by atoms with Crippen molar-refractivity contribution in [3.05, 3.63) is 83.2 Å². The van der Waals surface area contributed by atoms with Crippen LogP contribution in [0.4, 0.5) is 4.39 Å². The highest BCUT2D eigenvalue weighted by Gasteiger charge is 2.18. The van der Waals surface area contributed by atoms with Gasteiger partial charge in [0.05, 0.1) is 18.9 Å². The second-order valence-electron chi connectivity index (χ2n) is 6.58. The molecule has 1 N–H and O–H groups in total. The van der Waals surface area contributed by atoms with Crippen LogP contribution in [0.1, 0.15) is 26.3 Å². The molecular formula is C23H17FN2O6. The summed E-state index contributed by atoms with van der Waals surface area (Å²) in [6.45, 7) is 0.105. The van der Waals surface area contributed by atoms with E-state index in [1.807, 2.05) is 0 Å². The average Bonchev–Trinajstić information content (AvgIpc) is 3.27. The van der Waals surface area contributed by atoms with E-state index in [0.717, 1.165) is 6.07 Å². The summed E-state index contributed by atoms with van der Waals surface area (Å²) in [6, 6.07) is 14.8. The molecule has 162 valence electrons. The average molecular weight is 436 g/mol. The van der Waals surface area contributed by atoms with Crippen molar-refractivity contribution in [1.82, 2.24) is 5.43 Å². The molecule has 0 unspecified atom stereocenters. The number of fused-ring (bicyclic) bond motifs is 1. The molecule has 3 aromatic rings. The molecule has 0 atom stereocenters. The van der Waals surface area contributed by atoms with Gasteiger partial charge >= 0.3 is 5.97 Å². The number of esters is 1. The first-order valence-corrected chi connectivity index (χ1v) is 9.42. The molecule has 32 heavy (non-hydrogen) atoms. The summed E-state index contributed by atoms with van der Waals surface area (Å²) >= 11 is 0. The fraction of sp³-hybridized carbons (Fsp3) is 0.0870. The smallest absolute Gasteiger partial charge is 0.343 e. The summed E-state index contributed by atoms with van der Waals surface area (Å²) in [7, 11) is 1.43. The van der Waals surface area contributed by atoms with Crippen LogP contribution < -0.4 is 24.4 Å². The lowest BCUT2D eigenvalue weighted by Crippen LogP contribution is -2.17. The molecule has 0 aromatic heterocycles. The van der Waals surface area contributed by atoms with E-state index in [1.54, 1.807) is 36.4 Å². The van der Waals surface area contributed by atoms with Gasteiger partial charge in [0.2, 0.25) is 6.79 Å². The van der Waals surface area contributed by atoms with Gasteiger partial charge in [-0.2, -0.15) is 5.10 Å². The van der Waals surface area contributed by atoms with Gasteiger partial charge in [-0.05, 0) is 60.2 Å². The molecule has 1 aliphatic rings. The number of carbonyl (C=O) groups is 2. The molecule has 3 aromatic carbocycles. The molecule has 1 aliphatic heterocycles. The molecular weight excluding hydrogens is 419 g/mol. The molecule has 0 spiro atoms. The quantitative estimate of drug-likeness (QED) is 0.275. The molecule has 0 fully saturated rings. The number of ether oxygens (including phenoxy) is 4. The standard InChI is InChI=1S/C23H17FN2O6/c1-29-20-9-14(12-25-26-22(27)15-3-2-4-17(24)10-15)5-7-19(20)32-23(28)16-6-8-18-21(11-16)31-13-30-18/h2-12H,13H2,1H3,(H,26,27). The van der Waals surface area contributed by atoms with Crippen molar-refractivity contribution in [2.24, 2.45) is 5.10 Å².